The van der Waals surface area contributed by atoms with Gasteiger partial charge in [-0.05, 0) is 37.3 Å². The Morgan fingerprint density at radius 3 is 2.36 bits per heavy atom. The Kier molecular flexibility index (Phi) is 7.06. The second kappa shape index (κ2) is 9.71. The molecule has 0 radical (unpaired) electrons. The van der Waals surface area contributed by atoms with Crippen molar-refractivity contribution in [2.75, 3.05) is 18.4 Å². The number of nitrogens with zero attached hydrogens (tertiary/aromatic N) is 1. The second-order valence-corrected chi connectivity index (χ2v) is 8.11. The first-order valence-corrected chi connectivity index (χ1v) is 10.5. The molecule has 6 nitrogen and oxygen atoms in total. The van der Waals surface area contributed by atoms with Gasteiger partial charge in [-0.3, -0.25) is 14.4 Å². The highest BCUT2D eigenvalue weighted by molar-refractivity contribution is 6.03. The van der Waals surface area contributed by atoms with Crippen molar-refractivity contribution in [1.29, 1.82) is 0 Å². The lowest BCUT2D eigenvalue weighted by molar-refractivity contribution is -0.123. The number of nitrogens with one attached hydrogen (secondary N) is 1. The summed E-state index contributed by atoms with van der Waals surface area (Å²) >= 11 is 0. The van der Waals surface area contributed by atoms with E-state index in [-0.39, 0.29) is 23.6 Å². The minimum absolute atomic E-state index is 0.0294. The quantitative estimate of drug-likeness (QED) is 0.787. The van der Waals surface area contributed by atoms with Crippen LogP contribution >= 0.6 is 0 Å². The maximum Gasteiger partial charge on any atom is 0.255 e. The molecule has 3 rings (SSSR count). The van der Waals surface area contributed by atoms with Gasteiger partial charge in [0.2, 0.25) is 11.8 Å². The van der Waals surface area contributed by atoms with Crippen molar-refractivity contribution < 1.29 is 14.4 Å². The minimum Gasteiger partial charge on any atom is -0.369 e. The van der Waals surface area contributed by atoms with Crippen molar-refractivity contribution in [2.24, 2.45) is 17.6 Å². The summed E-state index contributed by atoms with van der Waals surface area (Å²) in [5.41, 5.74) is 6.44. The molecular weight excluding hydrogens is 354 g/mol. The number of amides is 3. The summed E-state index contributed by atoms with van der Waals surface area (Å²) in [4.78, 5) is 38.4. The summed E-state index contributed by atoms with van der Waals surface area (Å²) in [6, 6.07) is 7.16. The van der Waals surface area contributed by atoms with Gasteiger partial charge < -0.3 is 16.0 Å². The van der Waals surface area contributed by atoms with Crippen LogP contribution in [0.5, 0.6) is 0 Å². The Bertz CT molecular complexity index is 705. The van der Waals surface area contributed by atoms with Crippen molar-refractivity contribution in [1.82, 2.24) is 4.90 Å². The van der Waals surface area contributed by atoms with E-state index in [4.69, 9.17) is 5.73 Å². The summed E-state index contributed by atoms with van der Waals surface area (Å²) in [5.74, 6) is 0.0730. The van der Waals surface area contributed by atoms with Gasteiger partial charge in [0.15, 0.2) is 0 Å². The van der Waals surface area contributed by atoms with E-state index in [0.717, 1.165) is 6.42 Å². The summed E-state index contributed by atoms with van der Waals surface area (Å²) in [6.07, 6.45) is 8.92. The van der Waals surface area contributed by atoms with Crippen molar-refractivity contribution in [3.05, 3.63) is 29.8 Å². The van der Waals surface area contributed by atoms with Gasteiger partial charge in [-0.1, -0.05) is 44.2 Å². The zero-order valence-corrected chi connectivity index (χ0v) is 16.5. The van der Waals surface area contributed by atoms with E-state index in [2.05, 4.69) is 5.32 Å². The number of nitrogens with two attached hydrogens (primary N) is 1. The number of hydrogen-bond donors (Lipinski definition) is 2. The molecule has 1 aromatic rings. The van der Waals surface area contributed by atoms with Crippen LogP contribution in [0.15, 0.2) is 24.3 Å². The molecule has 0 atom stereocenters. The van der Waals surface area contributed by atoms with E-state index in [1.165, 1.54) is 32.1 Å². The lowest BCUT2D eigenvalue weighted by Gasteiger charge is -2.31. The van der Waals surface area contributed by atoms with Gasteiger partial charge in [-0.25, -0.2) is 0 Å². The Labute approximate surface area is 166 Å². The number of primary amides is 1. The molecule has 2 aliphatic rings. The maximum absolute atomic E-state index is 12.9. The lowest BCUT2D eigenvalue weighted by atomic mass is 9.86. The average molecular weight is 386 g/mol. The largest absolute Gasteiger partial charge is 0.369 e. The van der Waals surface area contributed by atoms with E-state index in [0.29, 0.717) is 49.5 Å². The van der Waals surface area contributed by atoms with E-state index >= 15 is 0 Å². The van der Waals surface area contributed by atoms with Gasteiger partial charge in [0.25, 0.3) is 5.91 Å². The fourth-order valence-corrected chi connectivity index (χ4v) is 4.34. The van der Waals surface area contributed by atoms with Crippen molar-refractivity contribution >= 4 is 23.4 Å². The molecule has 3 N–H and O–H groups in total. The molecular formula is C22H31N3O3. The molecule has 1 saturated heterocycles. The van der Waals surface area contributed by atoms with E-state index in [1.807, 2.05) is 6.07 Å². The van der Waals surface area contributed by atoms with E-state index < -0.39 is 0 Å². The van der Waals surface area contributed by atoms with Crippen LogP contribution in [0.1, 0.15) is 68.1 Å². The van der Waals surface area contributed by atoms with E-state index in [1.54, 1.807) is 23.1 Å². The van der Waals surface area contributed by atoms with Crippen LogP contribution in [0.2, 0.25) is 0 Å². The molecule has 1 aliphatic carbocycles. The Morgan fingerprint density at radius 2 is 1.68 bits per heavy atom. The van der Waals surface area contributed by atoms with Gasteiger partial charge in [0, 0.05) is 25.4 Å². The van der Waals surface area contributed by atoms with Crippen LogP contribution in [0, 0.1) is 11.8 Å². The third-order valence-corrected chi connectivity index (χ3v) is 6.12. The molecule has 0 unspecified atom stereocenters. The van der Waals surface area contributed by atoms with Crippen molar-refractivity contribution in [3.8, 4) is 0 Å². The number of anilines is 1. The van der Waals surface area contributed by atoms with Crippen LogP contribution in [0.4, 0.5) is 5.69 Å². The second-order valence-electron chi connectivity index (χ2n) is 8.11. The smallest absolute Gasteiger partial charge is 0.255 e. The summed E-state index contributed by atoms with van der Waals surface area (Å²) in [7, 11) is 0. The highest BCUT2D eigenvalue weighted by Gasteiger charge is 2.27. The van der Waals surface area contributed by atoms with Crippen LogP contribution in [-0.2, 0) is 9.59 Å². The molecule has 1 aliphatic heterocycles. The molecule has 0 spiro atoms. The first kappa shape index (κ1) is 20.4. The predicted molar refractivity (Wildman–Crippen MR) is 109 cm³/mol. The predicted octanol–water partition coefficient (Wildman–Crippen LogP) is 3.32. The highest BCUT2D eigenvalue weighted by Crippen LogP contribution is 2.28. The summed E-state index contributed by atoms with van der Waals surface area (Å²) in [5, 5.41) is 2.94. The third kappa shape index (κ3) is 5.33. The third-order valence-electron chi connectivity index (χ3n) is 6.12. The molecule has 2 fully saturated rings. The monoisotopic (exact) mass is 385 g/mol. The Morgan fingerprint density at radius 1 is 1.00 bits per heavy atom. The minimum atomic E-state index is -0.294. The number of hydrogen-bond acceptors (Lipinski definition) is 3. The molecule has 3 amide bonds. The number of likely N-dealkylation sites (tertiary alicyclic amines) is 1. The summed E-state index contributed by atoms with van der Waals surface area (Å²) < 4.78 is 0. The lowest BCUT2D eigenvalue weighted by Crippen LogP contribution is -2.42. The number of carbonyl (C=O) groups excluding carboxylic acids is 3. The normalized spacial score (nSPS) is 18.6. The Hall–Kier alpha value is -2.37. The number of piperidine rings is 1. The molecule has 28 heavy (non-hydrogen) atoms. The maximum atomic E-state index is 12.9. The SMILES string of the molecule is NC(=O)C1CCN(C(=O)c2ccccc2NC(=O)CCC2CCCCC2)CC1. The molecule has 6 heteroatoms. The van der Waals surface area contributed by atoms with Gasteiger partial charge in [-0.2, -0.15) is 0 Å². The van der Waals surface area contributed by atoms with Crippen LogP contribution < -0.4 is 11.1 Å². The number of benzene rings is 1. The Balaban J connectivity index is 1.57. The van der Waals surface area contributed by atoms with Crippen LogP contribution in [0.3, 0.4) is 0 Å². The number of para-hydroxylation sites is 1. The summed E-state index contributed by atoms with van der Waals surface area (Å²) in [6.45, 7) is 1.02. The van der Waals surface area contributed by atoms with Crippen LogP contribution in [-0.4, -0.2) is 35.7 Å². The molecule has 0 aromatic heterocycles. The zero-order chi connectivity index (χ0) is 19.9. The zero-order valence-electron chi connectivity index (χ0n) is 16.5. The number of rotatable bonds is 6. The molecule has 1 aromatic carbocycles. The van der Waals surface area contributed by atoms with Gasteiger partial charge in [0.05, 0.1) is 11.3 Å². The van der Waals surface area contributed by atoms with Crippen LogP contribution in [0.25, 0.3) is 0 Å². The molecule has 1 saturated carbocycles. The van der Waals surface area contributed by atoms with Gasteiger partial charge in [0.1, 0.15) is 0 Å². The fourth-order valence-electron chi connectivity index (χ4n) is 4.34. The van der Waals surface area contributed by atoms with E-state index in [9.17, 15) is 14.4 Å². The molecule has 152 valence electrons. The number of carbonyl (C=O) groups is 3. The average Bonchev–Trinajstić information content (AvgIpc) is 2.73. The van der Waals surface area contributed by atoms with Crippen molar-refractivity contribution in [2.45, 2.75) is 57.8 Å². The highest BCUT2D eigenvalue weighted by atomic mass is 16.2. The topological polar surface area (TPSA) is 92.5 Å². The first-order chi connectivity index (χ1) is 13.5. The van der Waals surface area contributed by atoms with Crippen molar-refractivity contribution in [3.63, 3.8) is 0 Å². The van der Waals surface area contributed by atoms with Gasteiger partial charge in [-0.15, -0.1) is 0 Å². The molecule has 0 bridgehead atoms. The first-order valence-electron chi connectivity index (χ1n) is 10.5. The standard InChI is InChI=1S/C22H31N3O3/c23-21(27)17-12-14-25(15-13-17)22(28)18-8-4-5-9-19(18)24-20(26)11-10-16-6-2-1-3-7-16/h4-5,8-9,16-17H,1-3,6-7,10-15H2,(H2,23,27)(H,24,26). The fraction of sp³-hybridized carbons (Fsp3) is 0.591. The molecule has 1 heterocycles. The van der Waals surface area contributed by atoms with Gasteiger partial charge >= 0.3 is 0 Å².